The van der Waals surface area contributed by atoms with Crippen LogP contribution in [0.5, 0.6) is 0 Å². The summed E-state index contributed by atoms with van der Waals surface area (Å²) in [5, 5.41) is 76.6. The average molecular weight is 1280 g/mol. The number of hydrogen-bond acceptors (Lipinski definition) is 10. The van der Waals surface area contributed by atoms with Crippen molar-refractivity contribution in [3.8, 4) is 0 Å². The van der Waals surface area contributed by atoms with Crippen LogP contribution in [0.15, 0.2) is 36.5 Å². The van der Waals surface area contributed by atoms with Gasteiger partial charge in [0.25, 0.3) is 0 Å². The second-order valence-corrected chi connectivity index (χ2v) is 27.8. The minimum atomic E-state index is -1.67. The van der Waals surface area contributed by atoms with Crippen LogP contribution in [0.1, 0.15) is 393 Å². The minimum Gasteiger partial charge on any atom is -0.394 e. The van der Waals surface area contributed by atoms with E-state index in [9.17, 15) is 40.5 Å². The Bertz CT molecular complexity index is 1560. The van der Waals surface area contributed by atoms with Crippen LogP contribution in [0, 0.1) is 0 Å². The predicted molar refractivity (Wildman–Crippen MR) is 381 cm³/mol. The molecule has 1 aliphatic heterocycles. The van der Waals surface area contributed by atoms with Gasteiger partial charge >= 0.3 is 0 Å². The first-order valence-corrected chi connectivity index (χ1v) is 39.4. The number of amides is 1. The smallest absolute Gasteiger partial charge is 0.249 e. The molecule has 11 nitrogen and oxygen atoms in total. The van der Waals surface area contributed by atoms with Gasteiger partial charge in [0.1, 0.15) is 36.6 Å². The third kappa shape index (κ3) is 53.6. The Kier molecular flexibility index (Phi) is 64.6. The predicted octanol–water partition coefficient (Wildman–Crippen LogP) is 20.1. The lowest BCUT2D eigenvalue weighted by atomic mass is 9.98. The van der Waals surface area contributed by atoms with Crippen LogP contribution in [-0.2, 0) is 14.3 Å². The molecule has 1 fully saturated rings. The van der Waals surface area contributed by atoms with Gasteiger partial charge in [-0.1, -0.05) is 365 Å². The molecule has 0 bridgehead atoms. The number of rotatable bonds is 70. The fraction of sp³-hybridized carbons (Fsp3) is 0.911. The number of allylic oxidation sites excluding steroid dienone is 6. The van der Waals surface area contributed by atoms with Crippen molar-refractivity contribution in [3.05, 3.63) is 36.5 Å². The molecule has 1 amide bonds. The molecule has 0 aromatic rings. The Labute approximate surface area is 556 Å². The number of carbonyl (C=O) groups is 1. The highest BCUT2D eigenvalue weighted by molar-refractivity contribution is 5.80. The molecule has 1 heterocycles. The van der Waals surface area contributed by atoms with E-state index in [2.05, 4.69) is 55.6 Å². The van der Waals surface area contributed by atoms with Gasteiger partial charge in [-0.15, -0.1) is 0 Å². The monoisotopic (exact) mass is 1270 g/mol. The highest BCUT2D eigenvalue weighted by Gasteiger charge is 2.44. The second-order valence-electron chi connectivity index (χ2n) is 27.8. The molecular weight excluding hydrogens is 1120 g/mol. The number of hydrogen-bond donors (Lipinski definition) is 8. The zero-order valence-electron chi connectivity index (χ0n) is 59.1. The largest absolute Gasteiger partial charge is 0.394 e. The minimum absolute atomic E-state index is 0.243. The van der Waals surface area contributed by atoms with Gasteiger partial charge in [0.05, 0.1) is 25.4 Å². The van der Waals surface area contributed by atoms with Gasteiger partial charge in [-0.25, -0.2) is 0 Å². The number of unbranched alkanes of at least 4 members (excludes halogenated alkanes) is 52. The second kappa shape index (κ2) is 67.3. The van der Waals surface area contributed by atoms with Crippen molar-refractivity contribution in [2.24, 2.45) is 0 Å². The van der Waals surface area contributed by atoms with E-state index in [1.54, 1.807) is 0 Å². The van der Waals surface area contributed by atoms with Gasteiger partial charge < -0.3 is 50.5 Å². The lowest BCUT2D eigenvalue weighted by molar-refractivity contribution is -0.303. The van der Waals surface area contributed by atoms with Crippen molar-refractivity contribution in [2.75, 3.05) is 13.2 Å². The van der Waals surface area contributed by atoms with Gasteiger partial charge in [-0.3, -0.25) is 4.79 Å². The molecular formula is C79H151NO10. The molecule has 8 N–H and O–H groups in total. The van der Waals surface area contributed by atoms with Crippen LogP contribution in [0.2, 0.25) is 0 Å². The SMILES string of the molecule is CCCCCCCCCCCCCCCCCC/C=C/CC/C=C/CC/C=C/CCCC(O)C(O)C(COC1OC(CO)C(O)C(O)C1O)NC(=O)C(O)CCCCCCCCCCCCCCCCCCCCCCCCCCCCCCCCCCCC. The molecule has 9 unspecified atom stereocenters. The Morgan fingerprint density at radius 2 is 0.667 bits per heavy atom. The van der Waals surface area contributed by atoms with Crippen molar-refractivity contribution in [1.82, 2.24) is 5.32 Å². The maximum Gasteiger partial charge on any atom is 0.249 e. The van der Waals surface area contributed by atoms with Crippen molar-refractivity contribution in [3.63, 3.8) is 0 Å². The Morgan fingerprint density at radius 3 is 0.989 bits per heavy atom. The number of carbonyl (C=O) groups excluding carboxylic acids is 1. The van der Waals surface area contributed by atoms with E-state index in [1.807, 2.05) is 0 Å². The average Bonchev–Trinajstić information content (AvgIpc) is 1.28. The number of nitrogens with one attached hydrogen (secondary N) is 1. The summed E-state index contributed by atoms with van der Waals surface area (Å²) in [5.41, 5.74) is 0. The molecule has 1 saturated heterocycles. The van der Waals surface area contributed by atoms with E-state index in [4.69, 9.17) is 9.47 Å². The van der Waals surface area contributed by atoms with E-state index < -0.39 is 74.2 Å². The van der Waals surface area contributed by atoms with Gasteiger partial charge in [-0.2, -0.15) is 0 Å². The van der Waals surface area contributed by atoms with Crippen LogP contribution in [0.4, 0.5) is 0 Å². The zero-order valence-corrected chi connectivity index (χ0v) is 59.1. The first kappa shape index (κ1) is 86.3. The fourth-order valence-electron chi connectivity index (χ4n) is 12.9. The van der Waals surface area contributed by atoms with Crippen LogP contribution >= 0.6 is 0 Å². The van der Waals surface area contributed by atoms with E-state index in [0.29, 0.717) is 19.3 Å². The van der Waals surface area contributed by atoms with Crippen LogP contribution in [0.25, 0.3) is 0 Å². The third-order valence-electron chi connectivity index (χ3n) is 19.2. The van der Waals surface area contributed by atoms with Gasteiger partial charge in [0.15, 0.2) is 6.29 Å². The summed E-state index contributed by atoms with van der Waals surface area (Å²) in [6, 6.07) is -1.20. The van der Waals surface area contributed by atoms with Gasteiger partial charge in [0, 0.05) is 0 Å². The molecule has 90 heavy (non-hydrogen) atoms. The highest BCUT2D eigenvalue weighted by atomic mass is 16.7. The zero-order chi connectivity index (χ0) is 65.3. The highest BCUT2D eigenvalue weighted by Crippen LogP contribution is 2.24. The summed E-state index contributed by atoms with van der Waals surface area (Å²) < 4.78 is 11.2. The van der Waals surface area contributed by atoms with E-state index in [0.717, 1.165) is 44.9 Å². The van der Waals surface area contributed by atoms with Crippen LogP contribution < -0.4 is 5.32 Å². The summed E-state index contributed by atoms with van der Waals surface area (Å²) in [4.78, 5) is 13.3. The van der Waals surface area contributed by atoms with Gasteiger partial charge in [-0.05, 0) is 64.2 Å². The summed E-state index contributed by atoms with van der Waals surface area (Å²) in [6.45, 7) is 3.50. The third-order valence-corrected chi connectivity index (χ3v) is 19.2. The van der Waals surface area contributed by atoms with Crippen molar-refractivity contribution in [1.29, 1.82) is 0 Å². The first-order valence-electron chi connectivity index (χ1n) is 39.4. The Balaban J connectivity index is 2.16. The van der Waals surface area contributed by atoms with Crippen molar-refractivity contribution >= 4 is 5.91 Å². The molecule has 0 aliphatic carbocycles. The summed E-state index contributed by atoms with van der Waals surface area (Å²) in [7, 11) is 0. The quantitative estimate of drug-likeness (QED) is 0.0215. The number of ether oxygens (including phenoxy) is 2. The lowest BCUT2D eigenvalue weighted by Gasteiger charge is -2.40. The molecule has 0 aromatic heterocycles. The molecule has 0 aromatic carbocycles. The molecule has 0 spiro atoms. The molecule has 1 rings (SSSR count). The molecule has 1 aliphatic rings. The summed E-state index contributed by atoms with van der Waals surface area (Å²) >= 11 is 0. The maximum atomic E-state index is 13.3. The topological polar surface area (TPSA) is 189 Å². The molecule has 11 heteroatoms. The first-order chi connectivity index (χ1) is 44.2. The standard InChI is InChI=1S/C79H151NO10/c1-3-5-7-9-11-13-15-17-19-21-23-25-27-29-31-33-34-35-36-37-39-41-43-45-47-49-51-53-55-57-59-61-63-65-67-72(83)78(88)80-70(69-89-79-77(87)76(86)75(85)73(68-81)90-79)74(84)71(82)66-64-62-60-58-56-54-52-50-48-46-44-42-40-38-32-30-28-26-24-22-20-18-16-14-12-10-8-6-4-2/h42,44,50,52,58,60,70-77,79,81-87H,3-41,43,45-49,51,53-57,59,61-69H2,1-2H3,(H,80,88)/b44-42+,52-50+,60-58+. The summed E-state index contributed by atoms with van der Waals surface area (Å²) in [6.07, 6.45) is 77.0. The van der Waals surface area contributed by atoms with E-state index >= 15 is 0 Å². The van der Waals surface area contributed by atoms with E-state index in [1.165, 1.54) is 302 Å². The number of aliphatic hydroxyl groups is 7. The Hall–Kier alpha value is -1.67. The maximum absolute atomic E-state index is 13.3. The molecule has 0 saturated carbocycles. The number of aliphatic hydroxyl groups excluding tert-OH is 7. The van der Waals surface area contributed by atoms with Crippen LogP contribution in [0.3, 0.4) is 0 Å². The van der Waals surface area contributed by atoms with E-state index in [-0.39, 0.29) is 12.8 Å². The molecule has 9 atom stereocenters. The fourth-order valence-corrected chi connectivity index (χ4v) is 12.9. The van der Waals surface area contributed by atoms with Crippen LogP contribution in [-0.4, -0.2) is 110 Å². The Morgan fingerprint density at radius 1 is 0.378 bits per heavy atom. The normalized spacial score (nSPS) is 18.6. The van der Waals surface area contributed by atoms with Crippen molar-refractivity contribution in [2.45, 2.75) is 448 Å². The van der Waals surface area contributed by atoms with Gasteiger partial charge in [0.2, 0.25) is 5.91 Å². The summed E-state index contributed by atoms with van der Waals surface area (Å²) in [5.74, 6) is -0.705. The van der Waals surface area contributed by atoms with Crippen molar-refractivity contribution < 1.29 is 50.0 Å². The lowest BCUT2D eigenvalue weighted by Crippen LogP contribution is -2.60. The molecule has 532 valence electrons. The molecule has 0 radical (unpaired) electrons.